The number of hydrogen-bond donors (Lipinski definition) is 1. The van der Waals surface area contributed by atoms with Gasteiger partial charge in [-0.2, -0.15) is 0 Å². The molecule has 70 heavy (non-hydrogen) atoms. The molecular formula is C65H114O5. The molecule has 404 valence electrons. The number of ether oxygens (including phenoxy) is 2. The molecule has 5 nitrogen and oxygen atoms in total. The number of esters is 2. The standard InChI is InChI=1S/C65H114O5/c1-3-5-7-9-11-13-15-17-19-21-23-25-26-27-28-29-30-31-32-33-34-35-36-37-38-40-42-44-46-48-50-52-54-56-58-60-65(68)70-63(61-66)62-69-64(67)59-57-55-53-51-49-47-45-43-41-39-24-22-20-18-16-14-12-10-8-6-4-2/h5,7,11,13,16-19,22-25,41,43,63,66H,3-4,6,8-10,12,14-15,20-21,26-40,42,44-62H2,1-2H3/b7-5-,13-11-,18-16-,19-17-,24-22-,25-23-,43-41-. The van der Waals surface area contributed by atoms with Gasteiger partial charge in [-0.15, -0.1) is 0 Å². The molecule has 0 heterocycles. The summed E-state index contributed by atoms with van der Waals surface area (Å²) in [6.07, 6.45) is 84.3. The topological polar surface area (TPSA) is 72.8 Å². The van der Waals surface area contributed by atoms with Crippen molar-refractivity contribution in [3.8, 4) is 0 Å². The molecule has 0 aromatic carbocycles. The molecule has 0 aromatic rings. The third-order valence-corrected chi connectivity index (χ3v) is 13.2. The van der Waals surface area contributed by atoms with Gasteiger partial charge in [0.2, 0.25) is 0 Å². The summed E-state index contributed by atoms with van der Waals surface area (Å²) >= 11 is 0. The zero-order chi connectivity index (χ0) is 50.6. The van der Waals surface area contributed by atoms with E-state index in [0.29, 0.717) is 12.8 Å². The maximum Gasteiger partial charge on any atom is 0.306 e. The van der Waals surface area contributed by atoms with Gasteiger partial charge in [-0.3, -0.25) is 9.59 Å². The van der Waals surface area contributed by atoms with Crippen molar-refractivity contribution in [2.75, 3.05) is 13.2 Å². The van der Waals surface area contributed by atoms with Gasteiger partial charge in [0.15, 0.2) is 6.10 Å². The Morgan fingerprint density at radius 2 is 0.614 bits per heavy atom. The molecule has 0 fully saturated rings. The average molecular weight is 976 g/mol. The number of rotatable bonds is 55. The molecule has 1 atom stereocenters. The molecule has 0 saturated heterocycles. The lowest BCUT2D eigenvalue weighted by molar-refractivity contribution is -0.161. The van der Waals surface area contributed by atoms with Crippen molar-refractivity contribution in [3.63, 3.8) is 0 Å². The van der Waals surface area contributed by atoms with Crippen LogP contribution < -0.4 is 0 Å². The Kier molecular flexibility index (Phi) is 57.9. The number of carbonyl (C=O) groups excluding carboxylic acids is 2. The minimum absolute atomic E-state index is 0.0726. The molecular weight excluding hydrogens is 861 g/mol. The Labute approximate surface area is 435 Å². The van der Waals surface area contributed by atoms with Crippen molar-refractivity contribution in [1.82, 2.24) is 0 Å². The maximum atomic E-state index is 12.3. The molecule has 5 heteroatoms. The summed E-state index contributed by atoms with van der Waals surface area (Å²) in [5, 5.41) is 9.66. The lowest BCUT2D eigenvalue weighted by Crippen LogP contribution is -2.28. The minimum Gasteiger partial charge on any atom is -0.462 e. The van der Waals surface area contributed by atoms with E-state index >= 15 is 0 Å². The van der Waals surface area contributed by atoms with Crippen LogP contribution in [0.1, 0.15) is 296 Å². The summed E-state index contributed by atoms with van der Waals surface area (Å²) in [6, 6.07) is 0. The highest BCUT2D eigenvalue weighted by Crippen LogP contribution is 2.17. The van der Waals surface area contributed by atoms with E-state index in [9.17, 15) is 14.7 Å². The van der Waals surface area contributed by atoms with Gasteiger partial charge >= 0.3 is 11.9 Å². The van der Waals surface area contributed by atoms with Crippen molar-refractivity contribution in [2.45, 2.75) is 302 Å². The molecule has 0 aliphatic heterocycles. The van der Waals surface area contributed by atoms with Crippen molar-refractivity contribution in [2.24, 2.45) is 0 Å². The van der Waals surface area contributed by atoms with E-state index in [-0.39, 0.29) is 25.2 Å². The van der Waals surface area contributed by atoms with E-state index in [0.717, 1.165) is 83.5 Å². The van der Waals surface area contributed by atoms with Crippen LogP contribution in [0.3, 0.4) is 0 Å². The number of aliphatic hydroxyl groups excluding tert-OH is 1. The number of unbranched alkanes of at least 4 members (excludes halogenated alkanes) is 33. The van der Waals surface area contributed by atoms with Crippen molar-refractivity contribution in [3.05, 3.63) is 85.1 Å². The van der Waals surface area contributed by atoms with Crippen LogP contribution in [0.5, 0.6) is 0 Å². The van der Waals surface area contributed by atoms with Crippen LogP contribution in [-0.2, 0) is 19.1 Å². The highest BCUT2D eigenvalue weighted by molar-refractivity contribution is 5.70. The maximum absolute atomic E-state index is 12.3. The first-order chi connectivity index (χ1) is 34.6. The molecule has 1 N–H and O–H groups in total. The summed E-state index contributed by atoms with van der Waals surface area (Å²) in [4.78, 5) is 24.5. The Morgan fingerprint density at radius 1 is 0.343 bits per heavy atom. The summed E-state index contributed by atoms with van der Waals surface area (Å²) in [6.45, 7) is 4.03. The fourth-order valence-corrected chi connectivity index (χ4v) is 8.67. The highest BCUT2D eigenvalue weighted by atomic mass is 16.6. The van der Waals surface area contributed by atoms with E-state index < -0.39 is 6.10 Å². The Hall–Kier alpha value is -2.92. The Morgan fingerprint density at radius 3 is 0.929 bits per heavy atom. The van der Waals surface area contributed by atoms with Gasteiger partial charge in [0, 0.05) is 12.8 Å². The Balaban J connectivity index is 3.45. The molecule has 0 spiro atoms. The van der Waals surface area contributed by atoms with Crippen molar-refractivity contribution >= 4 is 11.9 Å². The second-order valence-corrected chi connectivity index (χ2v) is 20.0. The van der Waals surface area contributed by atoms with Crippen LogP contribution in [0, 0.1) is 0 Å². The predicted molar refractivity (Wildman–Crippen MR) is 306 cm³/mol. The molecule has 0 aliphatic carbocycles. The number of aliphatic hydroxyl groups is 1. The SMILES string of the molecule is CC/C=C\C/C=C\C/C=C\C/C=C\CCCCCCCCCCCCCCCCCCCCCCCCC(=O)OC(CO)COC(=O)CCCCCCCC/C=C\C/C=C\C/C=C\CCCCCCC. The Bertz CT molecular complexity index is 1290. The first-order valence-corrected chi connectivity index (χ1v) is 30.1. The first kappa shape index (κ1) is 67.1. The lowest BCUT2D eigenvalue weighted by atomic mass is 10.0. The fourth-order valence-electron chi connectivity index (χ4n) is 8.67. The van der Waals surface area contributed by atoms with E-state index in [1.165, 1.54) is 186 Å². The fraction of sp³-hybridized carbons (Fsp3) is 0.754. The molecule has 1 unspecified atom stereocenters. The predicted octanol–water partition coefficient (Wildman–Crippen LogP) is 20.5. The third-order valence-electron chi connectivity index (χ3n) is 13.2. The normalized spacial score (nSPS) is 12.8. The van der Waals surface area contributed by atoms with Gasteiger partial charge in [0.05, 0.1) is 6.61 Å². The van der Waals surface area contributed by atoms with Crippen LogP contribution in [0.15, 0.2) is 85.1 Å². The van der Waals surface area contributed by atoms with Gasteiger partial charge in [0.25, 0.3) is 0 Å². The van der Waals surface area contributed by atoms with E-state index in [4.69, 9.17) is 9.47 Å². The molecule has 0 radical (unpaired) electrons. The van der Waals surface area contributed by atoms with Crippen LogP contribution >= 0.6 is 0 Å². The lowest BCUT2D eigenvalue weighted by Gasteiger charge is -2.15. The van der Waals surface area contributed by atoms with Crippen LogP contribution in [0.2, 0.25) is 0 Å². The molecule has 0 aromatic heterocycles. The first-order valence-electron chi connectivity index (χ1n) is 30.1. The van der Waals surface area contributed by atoms with Gasteiger partial charge in [-0.05, 0) is 89.9 Å². The van der Waals surface area contributed by atoms with Gasteiger partial charge in [-0.25, -0.2) is 0 Å². The summed E-state index contributed by atoms with van der Waals surface area (Å²) in [7, 11) is 0. The second kappa shape index (κ2) is 60.4. The third kappa shape index (κ3) is 57.7. The number of carbonyl (C=O) groups is 2. The minimum atomic E-state index is -0.780. The second-order valence-electron chi connectivity index (χ2n) is 20.0. The van der Waals surface area contributed by atoms with Crippen molar-refractivity contribution in [1.29, 1.82) is 0 Å². The molecule has 0 bridgehead atoms. The quantitative estimate of drug-likeness (QED) is 0.0373. The van der Waals surface area contributed by atoms with Gasteiger partial charge < -0.3 is 14.6 Å². The monoisotopic (exact) mass is 975 g/mol. The van der Waals surface area contributed by atoms with E-state index in [1.807, 2.05) is 0 Å². The van der Waals surface area contributed by atoms with Gasteiger partial charge in [0.1, 0.15) is 6.61 Å². The zero-order valence-electron chi connectivity index (χ0n) is 46.3. The highest BCUT2D eigenvalue weighted by Gasteiger charge is 2.16. The van der Waals surface area contributed by atoms with Crippen LogP contribution in [0.25, 0.3) is 0 Å². The largest absolute Gasteiger partial charge is 0.462 e. The van der Waals surface area contributed by atoms with Crippen molar-refractivity contribution < 1.29 is 24.2 Å². The molecule has 0 saturated carbocycles. The van der Waals surface area contributed by atoms with Crippen LogP contribution in [-0.4, -0.2) is 36.4 Å². The smallest absolute Gasteiger partial charge is 0.306 e. The van der Waals surface area contributed by atoms with Gasteiger partial charge in [-0.1, -0.05) is 279 Å². The molecule has 0 aliphatic rings. The van der Waals surface area contributed by atoms with E-state index in [2.05, 4.69) is 98.9 Å². The number of allylic oxidation sites excluding steroid dienone is 14. The molecule has 0 rings (SSSR count). The molecule has 0 amide bonds. The summed E-state index contributed by atoms with van der Waals surface area (Å²) in [5.41, 5.74) is 0. The zero-order valence-corrected chi connectivity index (χ0v) is 46.3. The summed E-state index contributed by atoms with van der Waals surface area (Å²) < 4.78 is 10.7. The van der Waals surface area contributed by atoms with Crippen LogP contribution in [0.4, 0.5) is 0 Å². The average Bonchev–Trinajstić information content (AvgIpc) is 3.36. The number of hydrogen-bond acceptors (Lipinski definition) is 5. The van der Waals surface area contributed by atoms with E-state index in [1.54, 1.807) is 0 Å². The summed E-state index contributed by atoms with van der Waals surface area (Å²) in [5.74, 6) is -0.596.